The van der Waals surface area contributed by atoms with Crippen LogP contribution in [0.5, 0.6) is 0 Å². The number of nitro groups is 1. The molecule has 22 heavy (non-hydrogen) atoms. The number of hydrogen-bond donors (Lipinski definition) is 1. The molecule has 0 bridgehead atoms. The first-order valence-electron chi connectivity index (χ1n) is 7.12. The van der Waals surface area contributed by atoms with Crippen molar-refractivity contribution in [1.82, 2.24) is 4.90 Å². The van der Waals surface area contributed by atoms with Crippen LogP contribution in [0.4, 0.5) is 11.4 Å². The molecule has 1 amide bonds. The number of benzene rings is 1. The summed E-state index contributed by atoms with van der Waals surface area (Å²) in [7, 11) is 0. The normalized spacial score (nSPS) is 21.3. The molecule has 2 aliphatic rings. The number of carbonyl (C=O) groups is 1. The molecule has 1 aromatic carbocycles. The summed E-state index contributed by atoms with van der Waals surface area (Å²) in [5.41, 5.74) is 0.336. The predicted molar refractivity (Wildman–Crippen MR) is 84.4 cm³/mol. The van der Waals surface area contributed by atoms with Gasteiger partial charge in [-0.25, -0.2) is 0 Å². The number of nitrogens with zero attached hydrogens (tertiary/aromatic N) is 2. The van der Waals surface area contributed by atoms with Crippen LogP contribution in [0.25, 0.3) is 0 Å². The van der Waals surface area contributed by atoms with Crippen LogP contribution in [0.2, 0.25) is 10.0 Å². The van der Waals surface area contributed by atoms with Crippen LogP contribution in [-0.4, -0.2) is 34.9 Å². The predicted octanol–water partition coefficient (Wildman–Crippen LogP) is 3.32. The Bertz CT molecular complexity index is 611. The maximum absolute atomic E-state index is 11.9. The van der Waals surface area contributed by atoms with Crippen LogP contribution < -0.4 is 5.32 Å². The number of nitro benzene ring substituents is 1. The zero-order valence-electron chi connectivity index (χ0n) is 11.7. The third-order valence-electron chi connectivity index (χ3n) is 4.03. The van der Waals surface area contributed by atoms with E-state index in [1.807, 2.05) is 4.90 Å². The maximum Gasteiger partial charge on any atom is 0.272 e. The van der Waals surface area contributed by atoms with E-state index in [0.717, 1.165) is 19.4 Å². The van der Waals surface area contributed by atoms with Crippen LogP contribution in [0, 0.1) is 16.0 Å². The molecule has 0 radical (unpaired) electrons. The molecule has 1 heterocycles. The van der Waals surface area contributed by atoms with E-state index in [9.17, 15) is 14.9 Å². The number of amides is 1. The number of anilines is 1. The molecule has 1 saturated heterocycles. The number of carbonyl (C=O) groups excluding carboxylic acids is 1. The van der Waals surface area contributed by atoms with Gasteiger partial charge in [0.1, 0.15) is 0 Å². The van der Waals surface area contributed by atoms with Crippen molar-refractivity contribution in [2.24, 2.45) is 5.92 Å². The van der Waals surface area contributed by atoms with Crippen molar-refractivity contribution < 1.29 is 9.72 Å². The van der Waals surface area contributed by atoms with Gasteiger partial charge in [0, 0.05) is 43.6 Å². The second-order valence-corrected chi connectivity index (χ2v) is 6.58. The highest BCUT2D eigenvalue weighted by atomic mass is 35.5. The fourth-order valence-electron chi connectivity index (χ4n) is 2.76. The van der Waals surface area contributed by atoms with Crippen molar-refractivity contribution in [3.8, 4) is 0 Å². The van der Waals surface area contributed by atoms with E-state index in [2.05, 4.69) is 5.32 Å². The quantitative estimate of drug-likeness (QED) is 0.657. The van der Waals surface area contributed by atoms with Gasteiger partial charge in [-0.2, -0.15) is 0 Å². The van der Waals surface area contributed by atoms with E-state index >= 15 is 0 Å². The first-order chi connectivity index (χ1) is 10.5. The van der Waals surface area contributed by atoms with Crippen molar-refractivity contribution >= 4 is 40.5 Å². The summed E-state index contributed by atoms with van der Waals surface area (Å²) in [6.45, 7) is 1.31. The van der Waals surface area contributed by atoms with Crippen molar-refractivity contribution in [1.29, 1.82) is 0 Å². The highest BCUT2D eigenvalue weighted by Crippen LogP contribution is 2.36. The summed E-state index contributed by atoms with van der Waals surface area (Å²) < 4.78 is 0. The average Bonchev–Trinajstić information content (AvgIpc) is 3.21. The second kappa shape index (κ2) is 5.93. The Morgan fingerprint density at radius 1 is 1.32 bits per heavy atom. The molecule has 1 N–H and O–H groups in total. The number of rotatable bonds is 5. The molecule has 0 spiro atoms. The first kappa shape index (κ1) is 15.4. The van der Waals surface area contributed by atoms with Gasteiger partial charge >= 0.3 is 0 Å². The number of non-ortho nitro benzene ring substituents is 1. The highest BCUT2D eigenvalue weighted by molar-refractivity contribution is 6.39. The summed E-state index contributed by atoms with van der Waals surface area (Å²) in [4.78, 5) is 24.1. The minimum atomic E-state index is -0.537. The standard InChI is InChI=1S/C14H15Cl2N3O3/c15-11-4-10(19(21)22)5-12(16)14(11)17-6-8-3-13(20)18(7-8)9-1-2-9/h4-5,8-9,17H,1-3,6-7H2. The van der Waals surface area contributed by atoms with Gasteiger partial charge in [0.2, 0.25) is 5.91 Å². The Labute approximate surface area is 137 Å². The molecule has 1 unspecified atom stereocenters. The van der Waals surface area contributed by atoms with Gasteiger partial charge in [0.15, 0.2) is 0 Å². The molecule has 8 heteroatoms. The molecule has 3 rings (SSSR count). The SMILES string of the molecule is O=C1CC(CNc2c(Cl)cc([N+](=O)[O-])cc2Cl)CN1C1CC1. The second-order valence-electron chi connectivity index (χ2n) is 5.77. The van der Waals surface area contributed by atoms with Crippen molar-refractivity contribution in [2.75, 3.05) is 18.4 Å². The Hall–Kier alpha value is -1.53. The number of likely N-dealkylation sites (tertiary alicyclic amines) is 1. The molecule has 1 atom stereocenters. The fraction of sp³-hybridized carbons (Fsp3) is 0.500. The van der Waals surface area contributed by atoms with Gasteiger partial charge in [-0.3, -0.25) is 14.9 Å². The fourth-order valence-corrected chi connectivity index (χ4v) is 3.37. The monoisotopic (exact) mass is 343 g/mol. The van der Waals surface area contributed by atoms with Gasteiger partial charge in [0.25, 0.3) is 5.69 Å². The van der Waals surface area contributed by atoms with E-state index in [1.165, 1.54) is 12.1 Å². The molecule has 1 aromatic rings. The third kappa shape index (κ3) is 3.13. The molecular weight excluding hydrogens is 329 g/mol. The number of halogens is 2. The summed E-state index contributed by atoms with van der Waals surface area (Å²) >= 11 is 12.1. The average molecular weight is 344 g/mol. The van der Waals surface area contributed by atoms with Crippen LogP contribution in [0.1, 0.15) is 19.3 Å². The van der Waals surface area contributed by atoms with Crippen LogP contribution in [-0.2, 0) is 4.79 Å². The number of hydrogen-bond acceptors (Lipinski definition) is 4. The van der Waals surface area contributed by atoms with Gasteiger partial charge < -0.3 is 10.2 Å². The Kier molecular flexibility index (Phi) is 4.14. The summed E-state index contributed by atoms with van der Waals surface area (Å²) in [5.74, 6) is 0.408. The minimum absolute atomic E-state index is 0.142. The smallest absolute Gasteiger partial charge is 0.272 e. The first-order valence-corrected chi connectivity index (χ1v) is 7.88. The molecule has 1 aliphatic heterocycles. The largest absolute Gasteiger partial charge is 0.382 e. The van der Waals surface area contributed by atoms with E-state index in [-0.39, 0.29) is 27.6 Å². The van der Waals surface area contributed by atoms with Gasteiger partial charge in [-0.1, -0.05) is 23.2 Å². The maximum atomic E-state index is 11.9. The van der Waals surface area contributed by atoms with Crippen LogP contribution >= 0.6 is 23.2 Å². The van der Waals surface area contributed by atoms with Crippen LogP contribution in [0.3, 0.4) is 0 Å². The van der Waals surface area contributed by atoms with Gasteiger partial charge in [-0.05, 0) is 12.8 Å². The molecule has 6 nitrogen and oxygen atoms in total. The molecule has 2 fully saturated rings. The number of nitrogens with one attached hydrogen (secondary N) is 1. The molecule has 118 valence electrons. The van der Waals surface area contributed by atoms with Crippen LogP contribution in [0.15, 0.2) is 12.1 Å². The Morgan fingerprint density at radius 3 is 2.50 bits per heavy atom. The van der Waals surface area contributed by atoms with Gasteiger partial charge in [0.05, 0.1) is 20.7 Å². The highest BCUT2D eigenvalue weighted by Gasteiger charge is 2.39. The summed E-state index contributed by atoms with van der Waals surface area (Å²) in [5, 5.41) is 14.3. The molecule has 1 aliphatic carbocycles. The Balaban J connectivity index is 1.64. The van der Waals surface area contributed by atoms with Crippen molar-refractivity contribution in [3.05, 3.63) is 32.3 Å². The molecule has 0 aromatic heterocycles. The van der Waals surface area contributed by atoms with Crippen molar-refractivity contribution in [2.45, 2.75) is 25.3 Å². The lowest BCUT2D eigenvalue weighted by molar-refractivity contribution is -0.384. The van der Waals surface area contributed by atoms with E-state index in [4.69, 9.17) is 23.2 Å². The van der Waals surface area contributed by atoms with Gasteiger partial charge in [-0.15, -0.1) is 0 Å². The zero-order valence-corrected chi connectivity index (χ0v) is 13.2. The van der Waals surface area contributed by atoms with E-state index in [0.29, 0.717) is 24.7 Å². The lowest BCUT2D eigenvalue weighted by Gasteiger charge is -2.17. The topological polar surface area (TPSA) is 75.5 Å². The Morgan fingerprint density at radius 2 is 1.95 bits per heavy atom. The third-order valence-corrected chi connectivity index (χ3v) is 4.63. The minimum Gasteiger partial charge on any atom is -0.382 e. The van der Waals surface area contributed by atoms with Crippen molar-refractivity contribution in [3.63, 3.8) is 0 Å². The molecular formula is C14H15Cl2N3O3. The van der Waals surface area contributed by atoms with E-state index in [1.54, 1.807) is 0 Å². The summed E-state index contributed by atoms with van der Waals surface area (Å²) in [6, 6.07) is 2.97. The van der Waals surface area contributed by atoms with E-state index < -0.39 is 4.92 Å². The zero-order chi connectivity index (χ0) is 15.9. The molecule has 1 saturated carbocycles. The summed E-state index contributed by atoms with van der Waals surface area (Å²) in [6.07, 6.45) is 2.73. The lowest BCUT2D eigenvalue weighted by atomic mass is 10.1. The lowest BCUT2D eigenvalue weighted by Crippen LogP contribution is -2.28.